The maximum Gasteiger partial charge on any atom is 0.128 e. The standard InChI is InChI=1S/C21H19ClN4S/c22-18-3-1-2-17(12-18)20-6-5-19(27-20)15-25-8-10-26(11-9-25)21-7-4-16(13-23)14-24-21/h1-7,12,14H,8-11,15H2. The molecule has 0 bridgehead atoms. The van der Waals surface area contributed by atoms with Crippen molar-refractivity contribution in [3.63, 3.8) is 0 Å². The highest BCUT2D eigenvalue weighted by Crippen LogP contribution is 2.30. The van der Waals surface area contributed by atoms with Gasteiger partial charge in [-0.25, -0.2) is 4.98 Å². The SMILES string of the molecule is N#Cc1ccc(N2CCN(Cc3ccc(-c4cccc(Cl)c4)s3)CC2)nc1. The molecule has 1 aromatic carbocycles. The third kappa shape index (κ3) is 4.30. The number of nitriles is 1. The smallest absolute Gasteiger partial charge is 0.128 e. The van der Waals surface area contributed by atoms with E-state index in [1.165, 1.54) is 15.3 Å². The number of rotatable bonds is 4. The summed E-state index contributed by atoms with van der Waals surface area (Å²) in [7, 11) is 0. The Morgan fingerprint density at radius 2 is 1.93 bits per heavy atom. The Morgan fingerprint density at radius 3 is 2.63 bits per heavy atom. The van der Waals surface area contributed by atoms with Crippen molar-refractivity contribution in [1.82, 2.24) is 9.88 Å². The normalized spacial score (nSPS) is 14.9. The van der Waals surface area contributed by atoms with Crippen LogP contribution < -0.4 is 4.90 Å². The molecular weight excluding hydrogens is 376 g/mol. The van der Waals surface area contributed by atoms with Crippen LogP contribution in [0.15, 0.2) is 54.7 Å². The van der Waals surface area contributed by atoms with Gasteiger partial charge in [0.1, 0.15) is 11.9 Å². The van der Waals surface area contributed by atoms with Crippen LogP contribution in [0, 0.1) is 11.3 Å². The van der Waals surface area contributed by atoms with Crippen LogP contribution in [0.5, 0.6) is 0 Å². The summed E-state index contributed by atoms with van der Waals surface area (Å²) in [5, 5.41) is 9.66. The van der Waals surface area contributed by atoms with Crippen molar-refractivity contribution in [1.29, 1.82) is 5.26 Å². The fourth-order valence-electron chi connectivity index (χ4n) is 3.25. The monoisotopic (exact) mass is 394 g/mol. The highest BCUT2D eigenvalue weighted by Gasteiger charge is 2.18. The number of halogens is 1. The van der Waals surface area contributed by atoms with Gasteiger partial charge in [-0.2, -0.15) is 5.26 Å². The van der Waals surface area contributed by atoms with E-state index in [0.29, 0.717) is 5.56 Å². The molecule has 1 saturated heterocycles. The predicted molar refractivity (Wildman–Crippen MR) is 111 cm³/mol. The number of benzene rings is 1. The molecule has 1 fully saturated rings. The number of piperazine rings is 1. The van der Waals surface area contributed by atoms with Crippen LogP contribution in [0.3, 0.4) is 0 Å². The summed E-state index contributed by atoms with van der Waals surface area (Å²) >= 11 is 7.94. The molecule has 136 valence electrons. The minimum Gasteiger partial charge on any atom is -0.354 e. The van der Waals surface area contributed by atoms with Crippen LogP contribution in [-0.4, -0.2) is 36.1 Å². The maximum atomic E-state index is 8.89. The summed E-state index contributed by atoms with van der Waals surface area (Å²) in [5.74, 6) is 0.952. The minimum atomic E-state index is 0.602. The molecule has 0 spiro atoms. The molecule has 4 rings (SSSR count). The van der Waals surface area contributed by atoms with E-state index in [1.807, 2.05) is 41.7 Å². The summed E-state index contributed by atoms with van der Waals surface area (Å²) in [6.45, 7) is 4.88. The Morgan fingerprint density at radius 1 is 1.07 bits per heavy atom. The van der Waals surface area contributed by atoms with Gasteiger partial charge in [0, 0.05) is 53.7 Å². The molecule has 0 N–H and O–H groups in total. The molecule has 0 saturated carbocycles. The maximum absolute atomic E-state index is 8.89. The molecule has 2 aromatic heterocycles. The summed E-state index contributed by atoms with van der Waals surface area (Å²) in [4.78, 5) is 11.8. The van der Waals surface area contributed by atoms with Gasteiger partial charge in [0.15, 0.2) is 0 Å². The first-order valence-corrected chi connectivity index (χ1v) is 10.1. The molecule has 0 aliphatic carbocycles. The van der Waals surface area contributed by atoms with Gasteiger partial charge in [0.05, 0.1) is 5.56 Å². The fraction of sp³-hybridized carbons (Fsp3) is 0.238. The lowest BCUT2D eigenvalue weighted by Crippen LogP contribution is -2.46. The van der Waals surface area contributed by atoms with Crippen molar-refractivity contribution >= 4 is 28.8 Å². The highest BCUT2D eigenvalue weighted by molar-refractivity contribution is 7.15. The van der Waals surface area contributed by atoms with Gasteiger partial charge in [-0.05, 0) is 42.0 Å². The van der Waals surface area contributed by atoms with Crippen molar-refractivity contribution in [2.45, 2.75) is 6.54 Å². The number of hydrogen-bond acceptors (Lipinski definition) is 5. The van der Waals surface area contributed by atoms with Gasteiger partial charge in [-0.15, -0.1) is 11.3 Å². The van der Waals surface area contributed by atoms with Crippen LogP contribution in [0.2, 0.25) is 5.02 Å². The molecule has 0 unspecified atom stereocenters. The molecule has 1 aliphatic rings. The van der Waals surface area contributed by atoms with Crippen molar-refractivity contribution in [3.8, 4) is 16.5 Å². The second-order valence-electron chi connectivity index (χ2n) is 6.56. The van der Waals surface area contributed by atoms with Gasteiger partial charge >= 0.3 is 0 Å². The number of hydrogen-bond donors (Lipinski definition) is 0. The van der Waals surface area contributed by atoms with E-state index in [4.69, 9.17) is 16.9 Å². The van der Waals surface area contributed by atoms with Gasteiger partial charge in [-0.3, -0.25) is 4.90 Å². The summed E-state index contributed by atoms with van der Waals surface area (Å²) in [6.07, 6.45) is 1.64. The first-order chi connectivity index (χ1) is 13.2. The van der Waals surface area contributed by atoms with Crippen molar-refractivity contribution in [3.05, 3.63) is 70.2 Å². The lowest BCUT2D eigenvalue weighted by atomic mass is 10.2. The van der Waals surface area contributed by atoms with Gasteiger partial charge in [0.25, 0.3) is 0 Å². The molecule has 4 nitrogen and oxygen atoms in total. The average Bonchev–Trinajstić information content (AvgIpc) is 3.17. The molecule has 0 radical (unpaired) electrons. The van der Waals surface area contributed by atoms with Crippen molar-refractivity contribution in [2.75, 3.05) is 31.1 Å². The second-order valence-corrected chi connectivity index (χ2v) is 8.16. The van der Waals surface area contributed by atoms with Crippen molar-refractivity contribution < 1.29 is 0 Å². The Kier molecular flexibility index (Phi) is 5.40. The minimum absolute atomic E-state index is 0.602. The van der Waals surface area contributed by atoms with Crippen LogP contribution in [0.25, 0.3) is 10.4 Å². The number of nitrogens with zero attached hydrogens (tertiary/aromatic N) is 4. The zero-order valence-corrected chi connectivity index (χ0v) is 16.4. The molecule has 0 atom stereocenters. The zero-order valence-electron chi connectivity index (χ0n) is 14.8. The molecule has 1 aliphatic heterocycles. The van der Waals surface area contributed by atoms with Crippen LogP contribution in [-0.2, 0) is 6.54 Å². The fourth-order valence-corrected chi connectivity index (χ4v) is 4.49. The number of pyridine rings is 1. The number of aromatic nitrogens is 1. The van der Waals surface area contributed by atoms with E-state index in [0.717, 1.165) is 43.6 Å². The van der Waals surface area contributed by atoms with E-state index in [1.54, 1.807) is 6.20 Å². The number of anilines is 1. The highest BCUT2D eigenvalue weighted by atomic mass is 35.5. The Hall–Kier alpha value is -2.39. The van der Waals surface area contributed by atoms with Crippen molar-refractivity contribution in [2.24, 2.45) is 0 Å². The average molecular weight is 395 g/mol. The lowest BCUT2D eigenvalue weighted by Gasteiger charge is -2.35. The number of thiophene rings is 1. The first kappa shape index (κ1) is 18.0. The predicted octanol–water partition coefficient (Wildman–Crippen LogP) is 4.66. The Labute approximate surface area is 168 Å². The molecule has 3 aromatic rings. The lowest BCUT2D eigenvalue weighted by molar-refractivity contribution is 0.251. The third-order valence-corrected chi connectivity index (χ3v) is 6.08. The molecule has 3 heterocycles. The third-order valence-electron chi connectivity index (χ3n) is 4.72. The molecule has 6 heteroatoms. The summed E-state index contributed by atoms with van der Waals surface area (Å²) in [6, 6.07) is 18.3. The first-order valence-electron chi connectivity index (χ1n) is 8.89. The molecule has 0 amide bonds. The van der Waals surface area contributed by atoms with Crippen LogP contribution >= 0.6 is 22.9 Å². The van der Waals surface area contributed by atoms with Crippen LogP contribution in [0.4, 0.5) is 5.82 Å². The van der Waals surface area contributed by atoms with E-state index in [9.17, 15) is 0 Å². The molecular formula is C21H19ClN4S. The van der Waals surface area contributed by atoms with E-state index in [-0.39, 0.29) is 0 Å². The van der Waals surface area contributed by atoms with Gasteiger partial charge < -0.3 is 4.90 Å². The molecule has 27 heavy (non-hydrogen) atoms. The quantitative estimate of drug-likeness (QED) is 0.645. The van der Waals surface area contributed by atoms with E-state index < -0.39 is 0 Å². The summed E-state index contributed by atoms with van der Waals surface area (Å²) in [5.41, 5.74) is 1.78. The van der Waals surface area contributed by atoms with E-state index >= 15 is 0 Å². The van der Waals surface area contributed by atoms with Crippen LogP contribution in [0.1, 0.15) is 10.4 Å². The van der Waals surface area contributed by atoms with E-state index in [2.05, 4.69) is 39.1 Å². The zero-order chi connectivity index (χ0) is 18.6. The largest absolute Gasteiger partial charge is 0.354 e. The Bertz CT molecular complexity index is 953. The second kappa shape index (κ2) is 8.10. The topological polar surface area (TPSA) is 43.2 Å². The van der Waals surface area contributed by atoms with Gasteiger partial charge in [0.2, 0.25) is 0 Å². The van der Waals surface area contributed by atoms with Gasteiger partial charge in [-0.1, -0.05) is 23.7 Å². The summed E-state index contributed by atoms with van der Waals surface area (Å²) < 4.78 is 0. The Balaban J connectivity index is 1.35.